The number of carbonyl (C=O) groups is 3. The fourth-order valence-electron chi connectivity index (χ4n) is 5.28. The molecule has 7 nitrogen and oxygen atoms in total. The third-order valence-electron chi connectivity index (χ3n) is 7.28. The molecule has 2 amide bonds. The second-order valence-electron chi connectivity index (χ2n) is 9.35. The molecule has 4 rings (SSSR count). The molecule has 2 N–H and O–H groups in total. The maximum Gasteiger partial charge on any atom is 0.407 e. The van der Waals surface area contributed by atoms with Crippen LogP contribution in [0.5, 0.6) is 0 Å². The van der Waals surface area contributed by atoms with Gasteiger partial charge in [0, 0.05) is 25.0 Å². The Labute approximate surface area is 200 Å². The van der Waals surface area contributed by atoms with Crippen LogP contribution in [0.1, 0.15) is 56.6 Å². The molecule has 1 saturated carbocycles. The minimum atomic E-state index is -0.932. The van der Waals surface area contributed by atoms with Crippen LogP contribution in [-0.2, 0) is 14.3 Å². The number of hydrogen-bond donors (Lipinski definition) is 2. The summed E-state index contributed by atoms with van der Waals surface area (Å²) in [5, 5.41) is 11.9. The lowest BCUT2D eigenvalue weighted by molar-refractivity contribution is -0.150. The summed E-state index contributed by atoms with van der Waals surface area (Å²) in [5.74, 6) is -1.04. The van der Waals surface area contributed by atoms with Crippen LogP contribution in [0.25, 0.3) is 11.1 Å². The van der Waals surface area contributed by atoms with Gasteiger partial charge < -0.3 is 20.1 Å². The topological polar surface area (TPSA) is 95.9 Å². The predicted octanol–water partition coefficient (Wildman–Crippen LogP) is 4.41. The van der Waals surface area contributed by atoms with Crippen molar-refractivity contribution in [1.82, 2.24) is 10.2 Å². The molecule has 34 heavy (non-hydrogen) atoms. The Kier molecular flexibility index (Phi) is 6.91. The van der Waals surface area contributed by atoms with Gasteiger partial charge in [-0.25, -0.2) is 4.79 Å². The van der Waals surface area contributed by atoms with Crippen molar-refractivity contribution in [3.63, 3.8) is 0 Å². The number of nitrogens with zero attached hydrogens (tertiary/aromatic N) is 1. The van der Waals surface area contributed by atoms with Gasteiger partial charge in [-0.15, -0.1) is 0 Å². The van der Waals surface area contributed by atoms with Crippen LogP contribution in [-0.4, -0.2) is 53.7 Å². The molecule has 0 spiro atoms. The van der Waals surface area contributed by atoms with Crippen LogP contribution in [0.15, 0.2) is 48.5 Å². The normalized spacial score (nSPS) is 16.5. The van der Waals surface area contributed by atoms with E-state index in [1.807, 2.05) is 31.2 Å². The Balaban J connectivity index is 1.37. The first-order chi connectivity index (χ1) is 16.4. The summed E-state index contributed by atoms with van der Waals surface area (Å²) >= 11 is 0. The van der Waals surface area contributed by atoms with E-state index < -0.39 is 23.5 Å². The molecule has 0 bridgehead atoms. The molecule has 0 aliphatic heterocycles. The molecule has 0 radical (unpaired) electrons. The molecular formula is C27H32N2O5. The zero-order valence-corrected chi connectivity index (χ0v) is 19.8. The predicted molar refractivity (Wildman–Crippen MR) is 128 cm³/mol. The number of amides is 2. The van der Waals surface area contributed by atoms with E-state index in [4.69, 9.17) is 9.84 Å². The zero-order valence-electron chi connectivity index (χ0n) is 19.8. The highest BCUT2D eigenvalue weighted by Crippen LogP contribution is 2.45. The van der Waals surface area contributed by atoms with Gasteiger partial charge in [-0.05, 0) is 48.9 Å². The van der Waals surface area contributed by atoms with E-state index in [0.717, 1.165) is 17.5 Å². The fourth-order valence-corrected chi connectivity index (χ4v) is 5.28. The van der Waals surface area contributed by atoms with Gasteiger partial charge in [0.15, 0.2) is 0 Å². The van der Waals surface area contributed by atoms with Gasteiger partial charge in [0.1, 0.15) is 6.61 Å². The smallest absolute Gasteiger partial charge is 0.407 e. The molecule has 7 heteroatoms. The molecule has 2 aromatic rings. The lowest BCUT2D eigenvalue weighted by Crippen LogP contribution is -2.55. The first kappa shape index (κ1) is 23.8. The quantitative estimate of drug-likeness (QED) is 0.573. The lowest BCUT2D eigenvalue weighted by Gasteiger charge is -2.44. The number of rotatable bonds is 9. The SMILES string of the molecule is CCN(C(=O)C1(CNC(=O)OCC2c3ccccc3-c3ccccc32)CCC1)C(C)CC(=O)O. The van der Waals surface area contributed by atoms with Crippen molar-refractivity contribution in [2.24, 2.45) is 5.41 Å². The fraction of sp³-hybridized carbons (Fsp3) is 0.444. The number of carboxylic acids is 1. The summed E-state index contributed by atoms with van der Waals surface area (Å²) in [4.78, 5) is 38.7. The second kappa shape index (κ2) is 9.87. The highest BCUT2D eigenvalue weighted by atomic mass is 16.5. The second-order valence-corrected chi connectivity index (χ2v) is 9.35. The number of nitrogens with one attached hydrogen (secondary N) is 1. The summed E-state index contributed by atoms with van der Waals surface area (Å²) in [6, 6.07) is 15.9. The number of benzene rings is 2. The minimum absolute atomic E-state index is 0.0232. The van der Waals surface area contributed by atoms with E-state index >= 15 is 0 Å². The highest BCUT2D eigenvalue weighted by Gasteiger charge is 2.47. The van der Waals surface area contributed by atoms with Gasteiger partial charge in [0.25, 0.3) is 0 Å². The molecule has 180 valence electrons. The summed E-state index contributed by atoms with van der Waals surface area (Å²) < 4.78 is 5.62. The van der Waals surface area contributed by atoms with Crippen molar-refractivity contribution in [3.8, 4) is 11.1 Å². The number of fused-ring (bicyclic) bond motifs is 3. The van der Waals surface area contributed by atoms with Crippen molar-refractivity contribution < 1.29 is 24.2 Å². The van der Waals surface area contributed by atoms with E-state index in [1.54, 1.807) is 11.8 Å². The molecule has 2 aromatic carbocycles. The van der Waals surface area contributed by atoms with Crippen molar-refractivity contribution in [3.05, 3.63) is 59.7 Å². The number of carboxylic acid groups (broad SMARTS) is 1. The van der Waals surface area contributed by atoms with Crippen molar-refractivity contribution in [2.45, 2.75) is 51.5 Å². The summed E-state index contributed by atoms with van der Waals surface area (Å²) in [7, 11) is 0. The van der Waals surface area contributed by atoms with E-state index in [9.17, 15) is 14.4 Å². The molecule has 2 aliphatic rings. The monoisotopic (exact) mass is 464 g/mol. The molecule has 0 heterocycles. The van der Waals surface area contributed by atoms with E-state index in [-0.39, 0.29) is 31.4 Å². The third kappa shape index (κ3) is 4.52. The van der Waals surface area contributed by atoms with Crippen LogP contribution < -0.4 is 5.32 Å². The van der Waals surface area contributed by atoms with Gasteiger partial charge >= 0.3 is 12.1 Å². The molecule has 1 fully saturated rings. The van der Waals surface area contributed by atoms with Gasteiger partial charge in [0.2, 0.25) is 5.91 Å². The van der Waals surface area contributed by atoms with Crippen LogP contribution in [0.4, 0.5) is 4.79 Å². The Hall–Kier alpha value is -3.35. The van der Waals surface area contributed by atoms with Crippen LogP contribution >= 0.6 is 0 Å². The van der Waals surface area contributed by atoms with E-state index in [1.165, 1.54) is 11.1 Å². The molecule has 0 aromatic heterocycles. The van der Waals surface area contributed by atoms with Gasteiger partial charge in [0.05, 0.1) is 11.8 Å². The third-order valence-corrected chi connectivity index (χ3v) is 7.28. The summed E-state index contributed by atoms with van der Waals surface area (Å²) in [5.41, 5.74) is 3.94. The highest BCUT2D eigenvalue weighted by molar-refractivity contribution is 5.85. The van der Waals surface area contributed by atoms with Crippen molar-refractivity contribution in [1.29, 1.82) is 0 Å². The van der Waals surface area contributed by atoms with Crippen LogP contribution in [0, 0.1) is 5.41 Å². The maximum atomic E-state index is 13.3. The van der Waals surface area contributed by atoms with Gasteiger partial charge in [-0.1, -0.05) is 55.0 Å². The first-order valence-corrected chi connectivity index (χ1v) is 12.0. The van der Waals surface area contributed by atoms with Crippen molar-refractivity contribution >= 4 is 18.0 Å². The summed E-state index contributed by atoms with van der Waals surface area (Å²) in [6.45, 7) is 4.44. The molecule has 0 saturated heterocycles. The number of carbonyl (C=O) groups excluding carboxylic acids is 2. The summed E-state index contributed by atoms with van der Waals surface area (Å²) in [6.07, 6.45) is 1.61. The van der Waals surface area contributed by atoms with E-state index in [2.05, 4.69) is 29.6 Å². The van der Waals surface area contributed by atoms with Gasteiger partial charge in [-0.3, -0.25) is 9.59 Å². The molecule has 1 atom stereocenters. The standard InChI is InChI=1S/C27H32N2O5/c1-3-29(18(2)15-24(30)31)25(32)27(13-8-14-27)17-28-26(33)34-16-23-21-11-6-4-9-19(21)20-10-5-7-12-22(20)23/h4-7,9-12,18,23H,3,8,13-17H2,1-2H3,(H,28,33)(H,30,31). The molecule has 1 unspecified atom stereocenters. The number of alkyl carbamates (subject to hydrolysis) is 1. The Bertz CT molecular complexity index is 1030. The molecule has 2 aliphatic carbocycles. The average molecular weight is 465 g/mol. The zero-order chi connectivity index (χ0) is 24.3. The number of hydrogen-bond acceptors (Lipinski definition) is 4. The number of aliphatic carboxylic acids is 1. The Morgan fingerprint density at radius 1 is 1.09 bits per heavy atom. The first-order valence-electron chi connectivity index (χ1n) is 12.0. The van der Waals surface area contributed by atoms with E-state index in [0.29, 0.717) is 19.4 Å². The average Bonchev–Trinajstić information content (AvgIpc) is 3.11. The largest absolute Gasteiger partial charge is 0.481 e. The Morgan fingerprint density at radius 2 is 1.68 bits per heavy atom. The number of ether oxygens (including phenoxy) is 1. The Morgan fingerprint density at radius 3 is 2.18 bits per heavy atom. The van der Waals surface area contributed by atoms with Crippen LogP contribution in [0.3, 0.4) is 0 Å². The van der Waals surface area contributed by atoms with Crippen LogP contribution in [0.2, 0.25) is 0 Å². The molecular weight excluding hydrogens is 432 g/mol. The minimum Gasteiger partial charge on any atom is -0.481 e. The van der Waals surface area contributed by atoms with Gasteiger partial charge in [-0.2, -0.15) is 0 Å². The lowest BCUT2D eigenvalue weighted by atomic mass is 9.67. The van der Waals surface area contributed by atoms with Crippen molar-refractivity contribution in [2.75, 3.05) is 19.7 Å². The maximum absolute atomic E-state index is 13.3.